The summed E-state index contributed by atoms with van der Waals surface area (Å²) in [5.41, 5.74) is 2.84. The van der Waals surface area contributed by atoms with Gasteiger partial charge >= 0.3 is 0 Å². The summed E-state index contributed by atoms with van der Waals surface area (Å²) in [5, 5.41) is 12.2. The van der Waals surface area contributed by atoms with Crippen LogP contribution < -0.4 is 5.32 Å². The Morgan fingerprint density at radius 3 is 2.64 bits per heavy atom. The maximum absolute atomic E-state index is 13.2. The Morgan fingerprint density at radius 2 is 1.91 bits per heavy atom. The second-order valence-corrected chi connectivity index (χ2v) is 11.3. The van der Waals surface area contributed by atoms with E-state index in [0.717, 1.165) is 42.5 Å². The number of hydrogen-bond acceptors (Lipinski definition) is 6. The number of para-hydroxylation sites is 1. The molecule has 0 radical (unpaired) electrons. The highest BCUT2D eigenvalue weighted by Crippen LogP contribution is 2.32. The van der Waals surface area contributed by atoms with Gasteiger partial charge in [-0.25, -0.2) is 8.42 Å². The van der Waals surface area contributed by atoms with Gasteiger partial charge in [0.1, 0.15) is 5.01 Å². The Balaban J connectivity index is 1.46. The number of carbonyl (C=O) groups is 1. The molecule has 0 spiro atoms. The Kier molecular flexibility index (Phi) is 7.21. The van der Waals surface area contributed by atoms with E-state index in [1.807, 2.05) is 43.3 Å². The van der Waals surface area contributed by atoms with Gasteiger partial charge < -0.3 is 5.32 Å². The van der Waals surface area contributed by atoms with Crippen LogP contribution in [0, 0.1) is 6.92 Å². The number of sulfonamides is 1. The zero-order valence-electron chi connectivity index (χ0n) is 18.8. The Labute approximate surface area is 198 Å². The number of nitrogens with zero attached hydrogens (tertiary/aromatic N) is 3. The summed E-state index contributed by atoms with van der Waals surface area (Å²) in [6, 6.07) is 14.7. The number of nitrogens with one attached hydrogen (secondary N) is 1. The lowest BCUT2D eigenvalue weighted by Gasteiger charge is -2.30. The third kappa shape index (κ3) is 5.31. The number of aromatic nitrogens is 2. The standard InChI is InChI=1S/C24H28N4O3S2/c1-3-7-18-11-13-20(14-12-18)33(30,31)28-15-6-9-19(16-28)23-26-27-24(32-23)22(29)25-21-10-5-4-8-17(21)2/h4-5,8,10-14,19H,3,6-7,9,15-16H2,1-2H3,(H,25,29)/t19-/m1/s1. The van der Waals surface area contributed by atoms with Crippen LogP contribution in [0.3, 0.4) is 0 Å². The van der Waals surface area contributed by atoms with Crippen molar-refractivity contribution in [1.29, 1.82) is 0 Å². The molecule has 1 fully saturated rings. The number of aryl methyl sites for hydroxylation is 2. The van der Waals surface area contributed by atoms with E-state index in [-0.39, 0.29) is 16.8 Å². The van der Waals surface area contributed by atoms with E-state index >= 15 is 0 Å². The SMILES string of the molecule is CCCc1ccc(S(=O)(=O)N2CCC[C@@H](c3nnc(C(=O)Nc4ccccc4C)s3)C2)cc1. The highest BCUT2D eigenvalue weighted by atomic mass is 32.2. The highest BCUT2D eigenvalue weighted by molar-refractivity contribution is 7.89. The van der Waals surface area contributed by atoms with Crippen LogP contribution >= 0.6 is 11.3 Å². The average Bonchev–Trinajstić information content (AvgIpc) is 3.32. The van der Waals surface area contributed by atoms with E-state index in [9.17, 15) is 13.2 Å². The van der Waals surface area contributed by atoms with Crippen LogP contribution in [0.2, 0.25) is 0 Å². The molecule has 0 unspecified atom stereocenters. The maximum atomic E-state index is 13.2. The van der Waals surface area contributed by atoms with Crippen LogP contribution in [0.1, 0.15) is 58.0 Å². The van der Waals surface area contributed by atoms with E-state index in [4.69, 9.17) is 0 Å². The molecular formula is C24H28N4O3S2. The molecule has 7 nitrogen and oxygen atoms in total. The Hall–Kier alpha value is -2.62. The molecule has 0 saturated carbocycles. The molecule has 1 N–H and O–H groups in total. The lowest BCUT2D eigenvalue weighted by molar-refractivity contribution is 0.102. The third-order valence-electron chi connectivity index (χ3n) is 5.86. The van der Waals surface area contributed by atoms with Crippen LogP contribution in [0.25, 0.3) is 0 Å². The largest absolute Gasteiger partial charge is 0.320 e. The van der Waals surface area contributed by atoms with Crippen molar-refractivity contribution >= 4 is 33.0 Å². The molecule has 3 aromatic rings. The average molecular weight is 485 g/mol. The van der Waals surface area contributed by atoms with E-state index in [1.54, 1.807) is 12.1 Å². The van der Waals surface area contributed by atoms with Gasteiger partial charge in [-0.2, -0.15) is 4.31 Å². The summed E-state index contributed by atoms with van der Waals surface area (Å²) in [6.07, 6.45) is 3.51. The smallest absolute Gasteiger partial charge is 0.286 e. The number of anilines is 1. The van der Waals surface area contributed by atoms with E-state index < -0.39 is 10.0 Å². The summed E-state index contributed by atoms with van der Waals surface area (Å²) in [6.45, 7) is 4.85. The zero-order chi connectivity index (χ0) is 23.4. The second kappa shape index (κ2) is 10.1. The van der Waals surface area contributed by atoms with Gasteiger partial charge in [0.05, 0.1) is 4.90 Å². The van der Waals surface area contributed by atoms with Crippen molar-refractivity contribution < 1.29 is 13.2 Å². The second-order valence-electron chi connectivity index (χ2n) is 8.31. The minimum Gasteiger partial charge on any atom is -0.320 e. The van der Waals surface area contributed by atoms with E-state index in [2.05, 4.69) is 22.4 Å². The molecule has 1 aromatic heterocycles. The lowest BCUT2D eigenvalue weighted by atomic mass is 10.0. The molecule has 1 amide bonds. The summed E-state index contributed by atoms with van der Waals surface area (Å²) in [4.78, 5) is 13.0. The van der Waals surface area contributed by atoms with Crippen LogP contribution in [-0.2, 0) is 16.4 Å². The van der Waals surface area contributed by atoms with Gasteiger partial charge in [0.15, 0.2) is 0 Å². The molecule has 1 aliphatic heterocycles. The normalized spacial score (nSPS) is 17.1. The molecule has 2 aromatic carbocycles. The number of piperidine rings is 1. The molecule has 9 heteroatoms. The lowest BCUT2D eigenvalue weighted by Crippen LogP contribution is -2.39. The van der Waals surface area contributed by atoms with Crippen molar-refractivity contribution in [2.45, 2.75) is 50.3 Å². The number of hydrogen-bond donors (Lipinski definition) is 1. The molecule has 0 aliphatic carbocycles. The fourth-order valence-electron chi connectivity index (χ4n) is 4.01. The third-order valence-corrected chi connectivity index (χ3v) is 8.83. The molecule has 1 atom stereocenters. The number of rotatable bonds is 7. The van der Waals surface area contributed by atoms with Gasteiger partial charge in [-0.1, -0.05) is 55.0 Å². The topological polar surface area (TPSA) is 92.3 Å². The highest BCUT2D eigenvalue weighted by Gasteiger charge is 2.32. The first-order chi connectivity index (χ1) is 15.9. The first-order valence-corrected chi connectivity index (χ1v) is 13.4. The molecule has 1 aliphatic rings. The van der Waals surface area contributed by atoms with Crippen molar-refractivity contribution in [3.05, 3.63) is 69.7 Å². The van der Waals surface area contributed by atoms with Gasteiger partial charge in [0, 0.05) is 24.7 Å². The van der Waals surface area contributed by atoms with Crippen molar-refractivity contribution in [3.63, 3.8) is 0 Å². The summed E-state index contributed by atoms with van der Waals surface area (Å²) in [7, 11) is -3.58. The van der Waals surface area contributed by atoms with Gasteiger partial charge in [0.25, 0.3) is 5.91 Å². The van der Waals surface area contributed by atoms with Gasteiger partial charge in [-0.05, 0) is 55.5 Å². The fourth-order valence-corrected chi connectivity index (χ4v) is 6.40. The number of amides is 1. The monoisotopic (exact) mass is 484 g/mol. The molecule has 1 saturated heterocycles. The maximum Gasteiger partial charge on any atom is 0.286 e. The zero-order valence-corrected chi connectivity index (χ0v) is 20.5. The quantitative estimate of drug-likeness (QED) is 0.528. The molecule has 33 heavy (non-hydrogen) atoms. The molecular weight excluding hydrogens is 456 g/mol. The van der Waals surface area contributed by atoms with E-state index in [1.165, 1.54) is 15.6 Å². The molecule has 174 valence electrons. The summed E-state index contributed by atoms with van der Waals surface area (Å²) < 4.78 is 28.0. The Morgan fingerprint density at radius 1 is 1.15 bits per heavy atom. The number of benzene rings is 2. The predicted molar refractivity (Wildman–Crippen MR) is 130 cm³/mol. The van der Waals surface area contributed by atoms with Crippen LogP contribution in [0.4, 0.5) is 5.69 Å². The minimum atomic E-state index is -3.58. The fraction of sp³-hybridized carbons (Fsp3) is 0.375. The molecule has 0 bridgehead atoms. The number of carbonyl (C=O) groups excluding carboxylic acids is 1. The molecule has 4 rings (SSSR count). The minimum absolute atomic E-state index is 0.0783. The van der Waals surface area contributed by atoms with Crippen molar-refractivity contribution in [2.24, 2.45) is 0 Å². The summed E-state index contributed by atoms with van der Waals surface area (Å²) in [5.74, 6) is -0.383. The first-order valence-electron chi connectivity index (χ1n) is 11.2. The Bertz CT molecular complexity index is 1220. The van der Waals surface area contributed by atoms with Gasteiger partial charge in [-0.15, -0.1) is 10.2 Å². The van der Waals surface area contributed by atoms with Gasteiger partial charge in [-0.3, -0.25) is 4.79 Å². The van der Waals surface area contributed by atoms with Crippen LogP contribution in [0.15, 0.2) is 53.4 Å². The first kappa shape index (κ1) is 23.5. The predicted octanol–water partition coefficient (Wildman–Crippen LogP) is 4.62. The summed E-state index contributed by atoms with van der Waals surface area (Å²) >= 11 is 1.23. The van der Waals surface area contributed by atoms with Crippen molar-refractivity contribution in [3.8, 4) is 0 Å². The van der Waals surface area contributed by atoms with Crippen LogP contribution in [0.5, 0.6) is 0 Å². The van der Waals surface area contributed by atoms with Crippen LogP contribution in [-0.4, -0.2) is 41.9 Å². The van der Waals surface area contributed by atoms with E-state index in [0.29, 0.717) is 23.0 Å². The van der Waals surface area contributed by atoms with Crippen molar-refractivity contribution in [1.82, 2.24) is 14.5 Å². The van der Waals surface area contributed by atoms with Crippen molar-refractivity contribution in [2.75, 3.05) is 18.4 Å². The molecule has 2 heterocycles. The van der Waals surface area contributed by atoms with Gasteiger partial charge in [0.2, 0.25) is 15.0 Å².